The molecule has 1 saturated heterocycles. The van der Waals surface area contributed by atoms with Gasteiger partial charge < -0.3 is 24.8 Å². The lowest BCUT2D eigenvalue weighted by atomic mass is 10.2. The normalized spacial score (nSPS) is 14.7. The summed E-state index contributed by atoms with van der Waals surface area (Å²) in [6.45, 7) is 4.37. The van der Waals surface area contributed by atoms with Gasteiger partial charge in [0.05, 0.1) is 14.2 Å². The van der Waals surface area contributed by atoms with E-state index in [9.17, 15) is 5.11 Å². The zero-order chi connectivity index (χ0) is 19.2. The first-order valence-corrected chi connectivity index (χ1v) is 9.27. The number of thiocarbonyl (C=S) groups is 1. The Balaban J connectivity index is 1.54. The van der Waals surface area contributed by atoms with Crippen LogP contribution in [0.2, 0.25) is 0 Å². The number of benzene rings is 2. The van der Waals surface area contributed by atoms with Crippen LogP contribution in [-0.2, 0) is 6.54 Å². The molecule has 0 radical (unpaired) electrons. The summed E-state index contributed by atoms with van der Waals surface area (Å²) in [5.74, 6) is 1.75. The van der Waals surface area contributed by atoms with E-state index in [4.69, 9.17) is 21.7 Å². The van der Waals surface area contributed by atoms with Gasteiger partial charge in [0, 0.05) is 56.6 Å². The number of hydrogen-bond donors (Lipinski definition) is 2. The maximum absolute atomic E-state index is 9.60. The predicted molar refractivity (Wildman–Crippen MR) is 111 cm³/mol. The van der Waals surface area contributed by atoms with Gasteiger partial charge in [-0.15, -0.1) is 0 Å². The molecule has 0 spiro atoms. The fraction of sp³-hybridized carbons (Fsp3) is 0.350. The van der Waals surface area contributed by atoms with Gasteiger partial charge in [-0.25, -0.2) is 0 Å². The number of aromatic hydroxyl groups is 1. The number of nitrogens with zero attached hydrogens (tertiary/aromatic N) is 2. The average Bonchev–Trinajstić information content (AvgIpc) is 2.68. The molecule has 2 aromatic rings. The van der Waals surface area contributed by atoms with Gasteiger partial charge in [-0.3, -0.25) is 4.90 Å². The van der Waals surface area contributed by atoms with Crippen LogP contribution in [0.4, 0.5) is 5.69 Å². The summed E-state index contributed by atoms with van der Waals surface area (Å²) < 4.78 is 10.6. The summed E-state index contributed by atoms with van der Waals surface area (Å²) in [5.41, 5.74) is 1.96. The third-order valence-electron chi connectivity index (χ3n) is 4.58. The highest BCUT2D eigenvalue weighted by atomic mass is 32.1. The number of piperazine rings is 1. The first-order valence-electron chi connectivity index (χ1n) is 8.86. The summed E-state index contributed by atoms with van der Waals surface area (Å²) in [5, 5.41) is 13.6. The zero-order valence-corrected chi connectivity index (χ0v) is 16.5. The molecule has 1 heterocycles. The average molecular weight is 388 g/mol. The topological polar surface area (TPSA) is 57.2 Å². The third kappa shape index (κ3) is 5.24. The molecule has 0 aliphatic carbocycles. The highest BCUT2D eigenvalue weighted by molar-refractivity contribution is 7.80. The number of methoxy groups -OCH3 is 2. The molecule has 1 fully saturated rings. The molecule has 0 aromatic heterocycles. The molecule has 6 nitrogen and oxygen atoms in total. The molecule has 0 unspecified atom stereocenters. The molecular formula is C20H25N3O3S. The molecule has 0 amide bonds. The highest BCUT2D eigenvalue weighted by Crippen LogP contribution is 2.26. The lowest BCUT2D eigenvalue weighted by molar-refractivity contribution is 0.177. The third-order valence-corrected chi connectivity index (χ3v) is 4.94. The van der Waals surface area contributed by atoms with Crippen LogP contribution < -0.4 is 14.8 Å². The minimum atomic E-state index is 0.310. The Morgan fingerprint density at radius 1 is 1.04 bits per heavy atom. The van der Waals surface area contributed by atoms with E-state index in [1.54, 1.807) is 20.3 Å². The quantitative estimate of drug-likeness (QED) is 0.765. The first kappa shape index (κ1) is 19.3. The molecule has 144 valence electrons. The van der Waals surface area contributed by atoms with Gasteiger partial charge in [-0.1, -0.05) is 12.1 Å². The van der Waals surface area contributed by atoms with Gasteiger partial charge in [0.15, 0.2) is 5.11 Å². The standard InChI is InChI=1S/C20H25N3O3S/c1-25-18-11-16(12-19(13-18)26-2)21-20(27)23-8-6-22(7-9-23)14-15-4-3-5-17(24)10-15/h3-5,10-13,24H,6-9,14H2,1-2H3,(H,21,27). The van der Waals surface area contributed by atoms with Crippen molar-refractivity contribution >= 4 is 23.0 Å². The van der Waals surface area contributed by atoms with E-state index in [0.29, 0.717) is 10.9 Å². The summed E-state index contributed by atoms with van der Waals surface area (Å²) in [4.78, 5) is 4.53. The summed E-state index contributed by atoms with van der Waals surface area (Å²) in [6, 6.07) is 13.0. The number of nitrogens with one attached hydrogen (secondary N) is 1. The lowest BCUT2D eigenvalue weighted by Crippen LogP contribution is -2.49. The van der Waals surface area contributed by atoms with Crippen molar-refractivity contribution in [3.8, 4) is 17.2 Å². The van der Waals surface area contributed by atoms with Crippen molar-refractivity contribution in [2.75, 3.05) is 45.7 Å². The molecule has 27 heavy (non-hydrogen) atoms. The molecular weight excluding hydrogens is 362 g/mol. The van der Waals surface area contributed by atoms with Crippen molar-refractivity contribution in [1.82, 2.24) is 9.80 Å². The minimum absolute atomic E-state index is 0.310. The summed E-state index contributed by atoms with van der Waals surface area (Å²) in [7, 11) is 3.26. The molecule has 2 N–H and O–H groups in total. The van der Waals surface area contributed by atoms with Crippen molar-refractivity contribution < 1.29 is 14.6 Å². The van der Waals surface area contributed by atoms with E-state index in [-0.39, 0.29) is 0 Å². The second-order valence-electron chi connectivity index (χ2n) is 6.46. The fourth-order valence-electron chi connectivity index (χ4n) is 3.10. The second-order valence-corrected chi connectivity index (χ2v) is 6.85. The van der Waals surface area contributed by atoms with E-state index in [0.717, 1.165) is 55.5 Å². The molecule has 0 saturated carbocycles. The zero-order valence-electron chi connectivity index (χ0n) is 15.6. The fourth-order valence-corrected chi connectivity index (χ4v) is 3.40. The van der Waals surface area contributed by atoms with E-state index >= 15 is 0 Å². The number of anilines is 1. The van der Waals surface area contributed by atoms with Crippen molar-refractivity contribution in [2.45, 2.75) is 6.54 Å². The largest absolute Gasteiger partial charge is 0.508 e. The van der Waals surface area contributed by atoms with E-state index < -0.39 is 0 Å². The Hall–Kier alpha value is -2.51. The van der Waals surface area contributed by atoms with Crippen LogP contribution in [-0.4, -0.2) is 60.4 Å². The van der Waals surface area contributed by atoms with Crippen LogP contribution in [0, 0.1) is 0 Å². The molecule has 0 bridgehead atoms. The smallest absolute Gasteiger partial charge is 0.173 e. The summed E-state index contributed by atoms with van der Waals surface area (Å²) in [6.07, 6.45) is 0. The Morgan fingerprint density at radius 2 is 1.70 bits per heavy atom. The molecule has 1 aliphatic heterocycles. The maximum Gasteiger partial charge on any atom is 0.173 e. The number of hydrogen-bond acceptors (Lipinski definition) is 5. The van der Waals surface area contributed by atoms with Crippen molar-refractivity contribution in [1.29, 1.82) is 0 Å². The van der Waals surface area contributed by atoms with E-state index in [2.05, 4.69) is 15.1 Å². The number of phenolic OH excluding ortho intramolecular Hbond substituents is 1. The first-order chi connectivity index (χ1) is 13.1. The lowest BCUT2D eigenvalue weighted by Gasteiger charge is -2.36. The molecule has 1 aliphatic rings. The van der Waals surface area contributed by atoms with Crippen LogP contribution in [0.5, 0.6) is 17.2 Å². The van der Waals surface area contributed by atoms with Crippen LogP contribution in [0.3, 0.4) is 0 Å². The van der Waals surface area contributed by atoms with Gasteiger partial charge in [0.2, 0.25) is 0 Å². The van der Waals surface area contributed by atoms with Gasteiger partial charge in [-0.2, -0.15) is 0 Å². The Bertz CT molecular complexity index is 770. The minimum Gasteiger partial charge on any atom is -0.508 e. The molecule has 3 rings (SSSR count). The van der Waals surface area contributed by atoms with Crippen molar-refractivity contribution in [3.63, 3.8) is 0 Å². The van der Waals surface area contributed by atoms with Crippen LogP contribution in [0.15, 0.2) is 42.5 Å². The Morgan fingerprint density at radius 3 is 2.30 bits per heavy atom. The number of ether oxygens (including phenoxy) is 2. The number of phenols is 1. The van der Waals surface area contributed by atoms with Crippen LogP contribution in [0.1, 0.15) is 5.56 Å². The molecule has 0 atom stereocenters. The van der Waals surface area contributed by atoms with Crippen molar-refractivity contribution in [2.24, 2.45) is 0 Å². The monoisotopic (exact) mass is 387 g/mol. The van der Waals surface area contributed by atoms with Crippen LogP contribution >= 0.6 is 12.2 Å². The maximum atomic E-state index is 9.60. The highest BCUT2D eigenvalue weighted by Gasteiger charge is 2.19. The van der Waals surface area contributed by atoms with E-state index in [1.807, 2.05) is 36.4 Å². The van der Waals surface area contributed by atoms with Crippen molar-refractivity contribution in [3.05, 3.63) is 48.0 Å². The number of rotatable bonds is 5. The SMILES string of the molecule is COc1cc(NC(=S)N2CCN(Cc3cccc(O)c3)CC2)cc(OC)c1. The summed E-state index contributed by atoms with van der Waals surface area (Å²) >= 11 is 5.58. The van der Waals surface area contributed by atoms with E-state index in [1.165, 1.54) is 0 Å². The molecule has 7 heteroatoms. The predicted octanol–water partition coefficient (Wildman–Crippen LogP) is 2.92. The van der Waals surface area contributed by atoms with Gasteiger partial charge in [0.1, 0.15) is 17.2 Å². The second kappa shape index (κ2) is 8.92. The Labute approximate surface area is 165 Å². The van der Waals surface area contributed by atoms with Gasteiger partial charge in [0.25, 0.3) is 0 Å². The Kier molecular flexibility index (Phi) is 6.36. The van der Waals surface area contributed by atoms with Crippen LogP contribution in [0.25, 0.3) is 0 Å². The van der Waals surface area contributed by atoms with Gasteiger partial charge in [-0.05, 0) is 29.9 Å². The van der Waals surface area contributed by atoms with Gasteiger partial charge >= 0.3 is 0 Å². The molecule has 2 aromatic carbocycles.